The first-order chi connectivity index (χ1) is 10.2. The molecule has 0 atom stereocenters. The van der Waals surface area contributed by atoms with E-state index in [1.54, 1.807) is 11.8 Å². The maximum Gasteiger partial charge on any atom is 0.251 e. The summed E-state index contributed by atoms with van der Waals surface area (Å²) in [5.41, 5.74) is 1.83. The number of aryl methyl sites for hydroxylation is 1. The largest absolute Gasteiger partial charge is 0.352 e. The minimum absolute atomic E-state index is 0. The van der Waals surface area contributed by atoms with E-state index in [1.165, 1.54) is 0 Å². The lowest BCUT2D eigenvalue weighted by atomic mass is 10.1. The number of benzene rings is 1. The van der Waals surface area contributed by atoms with Crippen LogP contribution in [-0.4, -0.2) is 56.3 Å². The Kier molecular flexibility index (Phi) is 8.86. The van der Waals surface area contributed by atoms with Crippen LogP contribution in [0, 0.1) is 6.92 Å². The zero-order valence-corrected chi connectivity index (χ0v) is 15.0. The average molecular weight is 344 g/mol. The highest BCUT2D eigenvalue weighted by atomic mass is 35.5. The van der Waals surface area contributed by atoms with Crippen LogP contribution in [0.5, 0.6) is 0 Å². The molecule has 0 aliphatic carbocycles. The third-order valence-electron chi connectivity index (χ3n) is 3.84. The Morgan fingerprint density at radius 3 is 2.77 bits per heavy atom. The van der Waals surface area contributed by atoms with Crippen molar-refractivity contribution < 1.29 is 4.79 Å². The number of amides is 1. The highest BCUT2D eigenvalue weighted by molar-refractivity contribution is 7.98. The first-order valence-corrected chi connectivity index (χ1v) is 8.79. The molecule has 1 amide bonds. The van der Waals surface area contributed by atoms with Gasteiger partial charge < -0.3 is 15.5 Å². The Balaban J connectivity index is 0.00000242. The number of piperazine rings is 1. The summed E-state index contributed by atoms with van der Waals surface area (Å²) in [5.74, 6) is 0.0451. The van der Waals surface area contributed by atoms with Crippen LogP contribution in [0.4, 0.5) is 0 Å². The predicted molar refractivity (Wildman–Crippen MR) is 96.5 cm³/mol. The van der Waals surface area contributed by atoms with Gasteiger partial charge in [-0.3, -0.25) is 4.79 Å². The SMILES string of the molecule is CSc1ccc(C)c(C(=O)NCCCN2CCNCC2)c1.Cl. The van der Waals surface area contributed by atoms with Crippen molar-refractivity contribution in [2.45, 2.75) is 18.2 Å². The van der Waals surface area contributed by atoms with E-state index in [-0.39, 0.29) is 18.3 Å². The molecular formula is C16H26ClN3OS. The van der Waals surface area contributed by atoms with Crippen molar-refractivity contribution in [1.29, 1.82) is 0 Å². The van der Waals surface area contributed by atoms with Gasteiger partial charge in [0.1, 0.15) is 0 Å². The number of nitrogens with zero attached hydrogens (tertiary/aromatic N) is 1. The Bertz CT molecular complexity index is 478. The van der Waals surface area contributed by atoms with E-state index >= 15 is 0 Å². The van der Waals surface area contributed by atoms with Crippen LogP contribution in [0.2, 0.25) is 0 Å². The summed E-state index contributed by atoms with van der Waals surface area (Å²) in [5, 5.41) is 6.39. The minimum atomic E-state index is 0. The van der Waals surface area contributed by atoms with Crippen LogP contribution in [-0.2, 0) is 0 Å². The lowest BCUT2D eigenvalue weighted by Crippen LogP contribution is -2.44. The highest BCUT2D eigenvalue weighted by Crippen LogP contribution is 2.18. The second-order valence-electron chi connectivity index (χ2n) is 5.38. The van der Waals surface area contributed by atoms with Crippen molar-refractivity contribution in [3.8, 4) is 0 Å². The van der Waals surface area contributed by atoms with Crippen LogP contribution in [0.1, 0.15) is 22.3 Å². The Hall–Kier alpha value is -0.750. The van der Waals surface area contributed by atoms with Crippen molar-refractivity contribution in [1.82, 2.24) is 15.5 Å². The van der Waals surface area contributed by atoms with Gasteiger partial charge in [-0.25, -0.2) is 0 Å². The summed E-state index contributed by atoms with van der Waals surface area (Å²) in [4.78, 5) is 15.8. The Labute approximate surface area is 143 Å². The molecule has 1 fully saturated rings. The third kappa shape index (κ3) is 5.80. The number of carbonyl (C=O) groups excluding carboxylic acids is 1. The number of nitrogens with one attached hydrogen (secondary N) is 2. The van der Waals surface area contributed by atoms with E-state index < -0.39 is 0 Å². The van der Waals surface area contributed by atoms with Crippen LogP contribution in [0.25, 0.3) is 0 Å². The molecule has 2 rings (SSSR count). The van der Waals surface area contributed by atoms with Gasteiger partial charge in [-0.15, -0.1) is 24.2 Å². The molecule has 124 valence electrons. The van der Waals surface area contributed by atoms with Crippen LogP contribution < -0.4 is 10.6 Å². The third-order valence-corrected chi connectivity index (χ3v) is 4.56. The fourth-order valence-electron chi connectivity index (χ4n) is 2.51. The van der Waals surface area contributed by atoms with Gasteiger partial charge in [-0.05, 0) is 43.8 Å². The zero-order valence-electron chi connectivity index (χ0n) is 13.4. The van der Waals surface area contributed by atoms with Crippen molar-refractivity contribution in [3.05, 3.63) is 29.3 Å². The molecule has 0 bridgehead atoms. The molecule has 1 aliphatic heterocycles. The predicted octanol–water partition coefficient (Wildman–Crippen LogP) is 2.16. The number of carbonyl (C=O) groups is 1. The average Bonchev–Trinajstić information content (AvgIpc) is 2.53. The highest BCUT2D eigenvalue weighted by Gasteiger charge is 2.11. The van der Waals surface area contributed by atoms with E-state index in [2.05, 4.69) is 21.6 Å². The quantitative estimate of drug-likeness (QED) is 0.613. The molecule has 2 N–H and O–H groups in total. The lowest BCUT2D eigenvalue weighted by Gasteiger charge is -2.27. The maximum absolute atomic E-state index is 12.2. The Morgan fingerprint density at radius 1 is 1.36 bits per heavy atom. The lowest BCUT2D eigenvalue weighted by molar-refractivity contribution is 0.0950. The number of hydrogen-bond donors (Lipinski definition) is 2. The van der Waals surface area contributed by atoms with Gasteiger partial charge in [-0.1, -0.05) is 6.07 Å². The van der Waals surface area contributed by atoms with Crippen molar-refractivity contribution in [3.63, 3.8) is 0 Å². The van der Waals surface area contributed by atoms with Gasteiger partial charge in [-0.2, -0.15) is 0 Å². The monoisotopic (exact) mass is 343 g/mol. The fraction of sp³-hybridized carbons (Fsp3) is 0.562. The first kappa shape index (κ1) is 19.3. The van der Waals surface area contributed by atoms with Crippen LogP contribution >= 0.6 is 24.2 Å². The smallest absolute Gasteiger partial charge is 0.251 e. The number of halogens is 1. The molecule has 6 heteroatoms. The van der Waals surface area contributed by atoms with Gasteiger partial charge in [0.2, 0.25) is 0 Å². The molecule has 0 spiro atoms. The second-order valence-corrected chi connectivity index (χ2v) is 6.26. The van der Waals surface area contributed by atoms with Gasteiger partial charge in [0.25, 0.3) is 5.91 Å². The molecular weight excluding hydrogens is 318 g/mol. The molecule has 22 heavy (non-hydrogen) atoms. The van der Waals surface area contributed by atoms with Crippen molar-refractivity contribution >= 4 is 30.1 Å². The molecule has 1 aromatic rings. The summed E-state index contributed by atoms with van der Waals surface area (Å²) in [6.45, 7) is 8.17. The first-order valence-electron chi connectivity index (χ1n) is 7.56. The Morgan fingerprint density at radius 2 is 2.09 bits per heavy atom. The van der Waals surface area contributed by atoms with Crippen molar-refractivity contribution in [2.24, 2.45) is 0 Å². The summed E-state index contributed by atoms with van der Waals surface area (Å²) in [7, 11) is 0. The van der Waals surface area contributed by atoms with E-state index in [4.69, 9.17) is 0 Å². The summed E-state index contributed by atoms with van der Waals surface area (Å²) in [6.07, 6.45) is 3.03. The molecule has 1 aromatic carbocycles. The van der Waals surface area contributed by atoms with E-state index in [9.17, 15) is 4.79 Å². The number of thioether (sulfide) groups is 1. The topological polar surface area (TPSA) is 44.4 Å². The van der Waals surface area contributed by atoms with E-state index in [0.29, 0.717) is 0 Å². The second kappa shape index (κ2) is 10.1. The summed E-state index contributed by atoms with van der Waals surface area (Å²) >= 11 is 1.66. The van der Waals surface area contributed by atoms with Crippen molar-refractivity contribution in [2.75, 3.05) is 45.5 Å². The van der Waals surface area contributed by atoms with E-state index in [0.717, 1.165) is 61.7 Å². The molecule has 1 saturated heterocycles. The number of hydrogen-bond acceptors (Lipinski definition) is 4. The van der Waals surface area contributed by atoms with E-state index in [1.807, 2.05) is 25.3 Å². The van der Waals surface area contributed by atoms with Crippen LogP contribution in [0.3, 0.4) is 0 Å². The van der Waals surface area contributed by atoms with Gasteiger partial charge >= 0.3 is 0 Å². The molecule has 0 radical (unpaired) electrons. The fourth-order valence-corrected chi connectivity index (χ4v) is 2.95. The molecule has 0 aromatic heterocycles. The normalized spacial score (nSPS) is 15.2. The van der Waals surface area contributed by atoms with Gasteiger partial charge in [0.15, 0.2) is 0 Å². The number of rotatable bonds is 6. The molecule has 1 aliphatic rings. The minimum Gasteiger partial charge on any atom is -0.352 e. The molecule has 0 unspecified atom stereocenters. The molecule has 4 nitrogen and oxygen atoms in total. The van der Waals surface area contributed by atoms with Gasteiger partial charge in [0.05, 0.1) is 0 Å². The van der Waals surface area contributed by atoms with Crippen LogP contribution in [0.15, 0.2) is 23.1 Å². The standard InChI is InChI=1S/C16H25N3OS.ClH/c1-13-4-5-14(21-2)12-15(13)16(20)18-6-3-9-19-10-7-17-8-11-19;/h4-5,12,17H,3,6-11H2,1-2H3,(H,18,20);1H. The maximum atomic E-state index is 12.2. The molecule has 0 saturated carbocycles. The van der Waals surface area contributed by atoms with Gasteiger partial charge in [0, 0.05) is 43.2 Å². The summed E-state index contributed by atoms with van der Waals surface area (Å²) < 4.78 is 0. The zero-order chi connectivity index (χ0) is 15.1. The summed E-state index contributed by atoms with van der Waals surface area (Å²) in [6, 6.07) is 6.05. The molecule has 1 heterocycles.